The largest absolute Gasteiger partial charge is 0.310 e. The molecular weight excluding hydrogens is 320 g/mol. The van der Waals surface area contributed by atoms with Crippen LogP contribution in [0, 0.1) is 0 Å². The minimum Gasteiger partial charge on any atom is -0.310 e. The molecule has 118 valence electrons. The Kier molecular flexibility index (Phi) is 5.70. The van der Waals surface area contributed by atoms with Gasteiger partial charge in [0.25, 0.3) is 5.91 Å². The predicted octanol–water partition coefficient (Wildman–Crippen LogP) is 1.66. The van der Waals surface area contributed by atoms with Crippen LogP contribution in [0.2, 0.25) is 5.02 Å². The number of carbonyl (C=O) groups is 2. The third kappa shape index (κ3) is 5.44. The predicted molar refractivity (Wildman–Crippen MR) is 85.1 cm³/mol. The van der Waals surface area contributed by atoms with Gasteiger partial charge in [0.1, 0.15) is 11.5 Å². The Morgan fingerprint density at radius 3 is 2.70 bits per heavy atom. The van der Waals surface area contributed by atoms with Crippen LogP contribution in [0.5, 0.6) is 0 Å². The van der Waals surface area contributed by atoms with Crippen molar-refractivity contribution in [3.63, 3.8) is 0 Å². The summed E-state index contributed by atoms with van der Waals surface area (Å²) in [6, 6.07) is 3.20. The van der Waals surface area contributed by atoms with Crippen molar-refractivity contribution in [2.45, 2.75) is 13.3 Å². The van der Waals surface area contributed by atoms with Crippen LogP contribution >= 0.6 is 11.6 Å². The van der Waals surface area contributed by atoms with Gasteiger partial charge in [-0.25, -0.2) is 15.4 Å². The van der Waals surface area contributed by atoms with E-state index in [0.717, 1.165) is 0 Å². The summed E-state index contributed by atoms with van der Waals surface area (Å²) in [7, 11) is 0. The van der Waals surface area contributed by atoms with Crippen molar-refractivity contribution in [3.8, 4) is 0 Å². The molecule has 0 unspecified atom stereocenters. The van der Waals surface area contributed by atoms with Crippen LogP contribution in [0.4, 0.5) is 5.82 Å². The van der Waals surface area contributed by atoms with Crippen molar-refractivity contribution < 1.29 is 9.59 Å². The van der Waals surface area contributed by atoms with E-state index >= 15 is 0 Å². The first-order chi connectivity index (χ1) is 11.0. The van der Waals surface area contributed by atoms with Gasteiger partial charge in [0.15, 0.2) is 0 Å². The molecule has 0 fully saturated rings. The molecule has 2 aromatic heterocycles. The zero-order chi connectivity index (χ0) is 16.7. The van der Waals surface area contributed by atoms with Gasteiger partial charge in [-0.1, -0.05) is 11.6 Å². The SMILES string of the molecule is C/C(CC(=O)Nc1ccc(Cl)cn1)=N/NC(=O)c1cnccn1. The van der Waals surface area contributed by atoms with Gasteiger partial charge in [-0.3, -0.25) is 14.6 Å². The smallest absolute Gasteiger partial charge is 0.291 e. The number of anilines is 1. The summed E-state index contributed by atoms with van der Waals surface area (Å²) < 4.78 is 0. The van der Waals surface area contributed by atoms with Crippen LogP contribution in [-0.4, -0.2) is 32.5 Å². The van der Waals surface area contributed by atoms with Crippen LogP contribution in [0.3, 0.4) is 0 Å². The van der Waals surface area contributed by atoms with E-state index in [4.69, 9.17) is 11.6 Å². The molecule has 0 aliphatic rings. The highest BCUT2D eigenvalue weighted by molar-refractivity contribution is 6.30. The van der Waals surface area contributed by atoms with Gasteiger partial charge in [-0.2, -0.15) is 5.10 Å². The Balaban J connectivity index is 1.85. The molecule has 2 N–H and O–H groups in total. The van der Waals surface area contributed by atoms with Crippen molar-refractivity contribution in [2.24, 2.45) is 5.10 Å². The fourth-order valence-corrected chi connectivity index (χ4v) is 1.64. The molecule has 0 spiro atoms. The number of halogens is 1. The van der Waals surface area contributed by atoms with E-state index in [9.17, 15) is 9.59 Å². The summed E-state index contributed by atoms with van der Waals surface area (Å²) in [6.07, 6.45) is 5.61. The fourth-order valence-electron chi connectivity index (χ4n) is 1.53. The molecule has 0 bridgehead atoms. The van der Waals surface area contributed by atoms with Gasteiger partial charge < -0.3 is 5.32 Å². The minimum absolute atomic E-state index is 0.00501. The highest BCUT2D eigenvalue weighted by Crippen LogP contribution is 2.09. The number of nitrogens with zero attached hydrogens (tertiary/aromatic N) is 4. The summed E-state index contributed by atoms with van der Waals surface area (Å²) in [4.78, 5) is 35.1. The van der Waals surface area contributed by atoms with Crippen LogP contribution in [0.15, 0.2) is 42.0 Å². The molecule has 8 nitrogen and oxygen atoms in total. The monoisotopic (exact) mass is 332 g/mol. The van der Waals surface area contributed by atoms with Crippen molar-refractivity contribution in [3.05, 3.63) is 47.6 Å². The normalized spacial score (nSPS) is 11.0. The Bertz CT molecular complexity index is 718. The standard InChI is InChI=1S/C14H13ClN6O2/c1-9(20-21-14(23)11-8-16-4-5-17-11)6-13(22)19-12-3-2-10(15)7-18-12/h2-5,7-8H,6H2,1H3,(H,21,23)(H,18,19,22)/b20-9-. The lowest BCUT2D eigenvalue weighted by Crippen LogP contribution is -2.22. The first-order valence-corrected chi connectivity index (χ1v) is 6.93. The second kappa shape index (κ2) is 7.95. The van der Waals surface area contributed by atoms with E-state index in [1.807, 2.05) is 0 Å². The van der Waals surface area contributed by atoms with E-state index < -0.39 is 5.91 Å². The molecule has 0 radical (unpaired) electrons. The van der Waals surface area contributed by atoms with E-state index in [1.165, 1.54) is 24.8 Å². The van der Waals surface area contributed by atoms with Gasteiger partial charge >= 0.3 is 0 Å². The fraction of sp³-hybridized carbons (Fsp3) is 0.143. The first kappa shape index (κ1) is 16.5. The van der Waals surface area contributed by atoms with Crippen LogP contribution in [0.1, 0.15) is 23.8 Å². The van der Waals surface area contributed by atoms with Crippen molar-refractivity contribution >= 4 is 34.9 Å². The number of aromatic nitrogens is 3. The van der Waals surface area contributed by atoms with Crippen LogP contribution in [0.25, 0.3) is 0 Å². The Hall–Kier alpha value is -2.87. The molecule has 0 saturated carbocycles. The summed E-state index contributed by atoms with van der Waals surface area (Å²) in [5, 5.41) is 6.92. The van der Waals surface area contributed by atoms with E-state index in [0.29, 0.717) is 16.6 Å². The molecule has 23 heavy (non-hydrogen) atoms. The van der Waals surface area contributed by atoms with Crippen molar-refractivity contribution in [2.75, 3.05) is 5.32 Å². The zero-order valence-corrected chi connectivity index (χ0v) is 12.9. The average molecular weight is 333 g/mol. The summed E-state index contributed by atoms with van der Waals surface area (Å²) in [5.74, 6) is -0.428. The number of nitrogens with one attached hydrogen (secondary N) is 2. The molecule has 0 saturated heterocycles. The van der Waals surface area contributed by atoms with E-state index in [1.54, 1.807) is 19.1 Å². The molecule has 2 rings (SSSR count). The number of hydrazone groups is 1. The minimum atomic E-state index is -0.503. The molecular formula is C14H13ClN6O2. The Morgan fingerprint density at radius 2 is 2.04 bits per heavy atom. The van der Waals surface area contributed by atoms with Crippen LogP contribution in [-0.2, 0) is 4.79 Å². The summed E-state index contributed by atoms with van der Waals surface area (Å²) >= 11 is 5.71. The number of carbonyl (C=O) groups excluding carboxylic acids is 2. The lowest BCUT2D eigenvalue weighted by molar-refractivity contribution is -0.115. The molecule has 0 aliphatic heterocycles. The average Bonchev–Trinajstić information content (AvgIpc) is 2.55. The summed E-state index contributed by atoms with van der Waals surface area (Å²) in [6.45, 7) is 1.62. The maximum absolute atomic E-state index is 11.8. The lowest BCUT2D eigenvalue weighted by Gasteiger charge is -2.04. The molecule has 2 aromatic rings. The van der Waals surface area contributed by atoms with Gasteiger partial charge in [-0.05, 0) is 19.1 Å². The molecule has 9 heteroatoms. The third-order valence-corrected chi connectivity index (χ3v) is 2.78. The van der Waals surface area contributed by atoms with Crippen LogP contribution < -0.4 is 10.7 Å². The van der Waals surface area contributed by atoms with E-state index in [2.05, 4.69) is 30.8 Å². The van der Waals surface area contributed by atoms with E-state index in [-0.39, 0.29) is 18.0 Å². The quantitative estimate of drug-likeness (QED) is 0.639. The van der Waals surface area contributed by atoms with Crippen molar-refractivity contribution in [1.29, 1.82) is 0 Å². The molecule has 0 aliphatic carbocycles. The maximum Gasteiger partial charge on any atom is 0.291 e. The van der Waals surface area contributed by atoms with Gasteiger partial charge in [0, 0.05) is 24.3 Å². The molecule has 2 heterocycles. The first-order valence-electron chi connectivity index (χ1n) is 6.55. The second-order valence-corrected chi connectivity index (χ2v) is 4.90. The highest BCUT2D eigenvalue weighted by atomic mass is 35.5. The second-order valence-electron chi connectivity index (χ2n) is 4.47. The van der Waals surface area contributed by atoms with Crippen molar-refractivity contribution in [1.82, 2.24) is 20.4 Å². The van der Waals surface area contributed by atoms with Gasteiger partial charge in [0.2, 0.25) is 5.91 Å². The van der Waals surface area contributed by atoms with Gasteiger partial charge in [-0.15, -0.1) is 0 Å². The number of pyridine rings is 1. The molecule has 2 amide bonds. The summed E-state index contributed by atoms with van der Waals surface area (Å²) in [5.41, 5.74) is 2.87. The molecule has 0 aromatic carbocycles. The number of rotatable bonds is 5. The van der Waals surface area contributed by atoms with Gasteiger partial charge in [0.05, 0.1) is 17.6 Å². The third-order valence-electron chi connectivity index (χ3n) is 2.56. The Morgan fingerprint density at radius 1 is 1.22 bits per heavy atom. The number of hydrogen-bond donors (Lipinski definition) is 2. The highest BCUT2D eigenvalue weighted by Gasteiger charge is 2.08. The topological polar surface area (TPSA) is 109 Å². The lowest BCUT2D eigenvalue weighted by atomic mass is 10.3. The molecule has 0 atom stereocenters. The number of hydrogen-bond acceptors (Lipinski definition) is 6. The zero-order valence-electron chi connectivity index (χ0n) is 12.2. The Labute approximate surface area is 137 Å². The number of amides is 2. The maximum atomic E-state index is 11.8.